The van der Waals surface area contributed by atoms with Crippen molar-refractivity contribution in [2.75, 3.05) is 13.1 Å². The maximum atomic E-state index is 12.8. The summed E-state index contributed by atoms with van der Waals surface area (Å²) in [4.78, 5) is 36.7. The number of carbonyl (C=O) groups is 2. The minimum Gasteiger partial charge on any atom is -0.349 e. The van der Waals surface area contributed by atoms with Crippen LogP contribution in [0.3, 0.4) is 0 Å². The molecule has 0 spiro atoms. The van der Waals surface area contributed by atoms with E-state index in [1.54, 1.807) is 6.07 Å². The molecule has 174 valence electrons. The number of amides is 1. The van der Waals surface area contributed by atoms with Crippen molar-refractivity contribution < 1.29 is 9.59 Å². The number of aryl methyl sites for hydroxylation is 1. The molecule has 34 heavy (non-hydrogen) atoms. The van der Waals surface area contributed by atoms with Gasteiger partial charge in [-0.25, -0.2) is 0 Å². The van der Waals surface area contributed by atoms with Crippen molar-refractivity contribution in [2.45, 2.75) is 50.9 Å². The van der Waals surface area contributed by atoms with Gasteiger partial charge in [0.05, 0.1) is 29.1 Å². The summed E-state index contributed by atoms with van der Waals surface area (Å²) in [7, 11) is 2.02. The van der Waals surface area contributed by atoms with Gasteiger partial charge in [0.15, 0.2) is 5.78 Å². The Morgan fingerprint density at radius 2 is 1.88 bits per heavy atom. The van der Waals surface area contributed by atoms with Crippen LogP contribution in [0.5, 0.6) is 0 Å². The van der Waals surface area contributed by atoms with E-state index in [0.29, 0.717) is 23.1 Å². The summed E-state index contributed by atoms with van der Waals surface area (Å²) in [5.74, 6) is 0.782. The number of piperidine rings is 1. The number of rotatable bonds is 5. The lowest BCUT2D eigenvalue weighted by Gasteiger charge is -2.33. The summed E-state index contributed by atoms with van der Waals surface area (Å²) in [6.45, 7) is 1.60. The molecule has 1 amide bonds. The van der Waals surface area contributed by atoms with Crippen LogP contribution < -0.4 is 0 Å². The number of nitrogens with zero attached hydrogens (tertiary/aromatic N) is 5. The maximum Gasteiger partial charge on any atom is 0.225 e. The molecule has 7 heteroatoms. The molecule has 0 unspecified atom stereocenters. The van der Waals surface area contributed by atoms with Gasteiger partial charge in [-0.15, -0.1) is 0 Å². The molecule has 0 bridgehead atoms. The van der Waals surface area contributed by atoms with E-state index in [0.717, 1.165) is 49.8 Å². The minimum atomic E-state index is -0.153. The maximum absolute atomic E-state index is 12.8. The molecule has 1 aliphatic carbocycles. The van der Waals surface area contributed by atoms with E-state index in [9.17, 15) is 9.59 Å². The van der Waals surface area contributed by atoms with Gasteiger partial charge in [-0.1, -0.05) is 12.8 Å². The van der Waals surface area contributed by atoms with Crippen molar-refractivity contribution >= 4 is 22.7 Å². The first-order valence-corrected chi connectivity index (χ1v) is 12.2. The smallest absolute Gasteiger partial charge is 0.225 e. The SMILES string of the molecule is Cn1cc(C2CCN(C(=O)C3CCCC3)CC2)c2nc(CC(=O)c3cc(C#N)ccn3)ccc21. The molecule has 1 aliphatic heterocycles. The van der Waals surface area contributed by atoms with E-state index in [-0.39, 0.29) is 23.8 Å². The zero-order chi connectivity index (χ0) is 23.7. The van der Waals surface area contributed by atoms with Crippen LogP contribution in [0.25, 0.3) is 11.0 Å². The molecule has 2 aliphatic rings. The highest BCUT2D eigenvalue weighted by atomic mass is 16.2. The van der Waals surface area contributed by atoms with Crippen LogP contribution in [0.2, 0.25) is 0 Å². The number of fused-ring (bicyclic) bond motifs is 1. The van der Waals surface area contributed by atoms with Gasteiger partial charge in [0.1, 0.15) is 5.69 Å². The highest BCUT2D eigenvalue weighted by Gasteiger charge is 2.31. The summed E-state index contributed by atoms with van der Waals surface area (Å²) in [5.41, 5.74) is 4.58. The van der Waals surface area contributed by atoms with Crippen molar-refractivity contribution in [2.24, 2.45) is 13.0 Å². The Kier molecular flexibility index (Phi) is 6.14. The van der Waals surface area contributed by atoms with Gasteiger partial charge >= 0.3 is 0 Å². The second kappa shape index (κ2) is 9.38. The number of nitriles is 1. The molecule has 0 atom stereocenters. The standard InChI is InChI=1S/C27H29N5O2/c1-31-17-22(19-9-12-32(13-10-19)27(34)20-4-2-3-5-20)26-24(31)7-6-21(30-26)15-25(33)23-14-18(16-28)8-11-29-23/h6-8,11,14,17,19-20H,2-5,9-10,12-13,15H2,1H3. The molecule has 0 radical (unpaired) electrons. The predicted molar refractivity (Wildman–Crippen MR) is 128 cm³/mol. The fourth-order valence-corrected chi connectivity index (χ4v) is 5.48. The number of carbonyl (C=O) groups excluding carboxylic acids is 2. The Balaban J connectivity index is 1.32. The molecule has 5 rings (SSSR count). The summed E-state index contributed by atoms with van der Waals surface area (Å²) in [5, 5.41) is 9.08. The highest BCUT2D eigenvalue weighted by Crippen LogP contribution is 2.35. The average molecular weight is 456 g/mol. The van der Waals surface area contributed by atoms with Gasteiger partial charge in [-0.05, 0) is 61.4 Å². The zero-order valence-corrected chi connectivity index (χ0v) is 19.5. The molecular weight excluding hydrogens is 426 g/mol. The van der Waals surface area contributed by atoms with E-state index in [1.807, 2.05) is 25.2 Å². The highest BCUT2D eigenvalue weighted by molar-refractivity contribution is 5.96. The van der Waals surface area contributed by atoms with Gasteiger partial charge in [0.2, 0.25) is 5.91 Å². The summed E-state index contributed by atoms with van der Waals surface area (Å²) >= 11 is 0. The first-order valence-electron chi connectivity index (χ1n) is 12.2. The second-order valence-corrected chi connectivity index (χ2v) is 9.59. The van der Waals surface area contributed by atoms with Crippen molar-refractivity contribution in [1.29, 1.82) is 5.26 Å². The van der Waals surface area contributed by atoms with Crippen LogP contribution in [0.15, 0.2) is 36.7 Å². The molecule has 0 aromatic carbocycles. The van der Waals surface area contributed by atoms with E-state index in [4.69, 9.17) is 10.2 Å². The first-order chi connectivity index (χ1) is 16.5. The van der Waals surface area contributed by atoms with Gasteiger partial charge in [-0.2, -0.15) is 5.26 Å². The van der Waals surface area contributed by atoms with Crippen LogP contribution in [0, 0.1) is 17.2 Å². The lowest BCUT2D eigenvalue weighted by Crippen LogP contribution is -2.40. The number of pyridine rings is 2. The molecular formula is C27H29N5O2. The quantitative estimate of drug-likeness (QED) is 0.539. The van der Waals surface area contributed by atoms with E-state index >= 15 is 0 Å². The normalized spacial score (nSPS) is 17.2. The largest absolute Gasteiger partial charge is 0.349 e. The van der Waals surface area contributed by atoms with Crippen LogP contribution in [0.1, 0.15) is 71.8 Å². The predicted octanol–water partition coefficient (Wildman–Crippen LogP) is 4.16. The molecule has 1 saturated carbocycles. The van der Waals surface area contributed by atoms with Crippen molar-refractivity contribution in [1.82, 2.24) is 19.4 Å². The van der Waals surface area contributed by atoms with Crippen molar-refractivity contribution in [3.8, 4) is 6.07 Å². The summed E-state index contributed by atoms with van der Waals surface area (Å²) in [6, 6.07) is 9.07. The Bertz CT molecular complexity index is 1270. The fraction of sp³-hybridized carbons (Fsp3) is 0.444. The average Bonchev–Trinajstić information content (AvgIpc) is 3.52. The lowest BCUT2D eigenvalue weighted by atomic mass is 9.89. The van der Waals surface area contributed by atoms with Gasteiger partial charge < -0.3 is 9.47 Å². The Morgan fingerprint density at radius 1 is 1.12 bits per heavy atom. The van der Waals surface area contributed by atoms with Gasteiger partial charge in [0, 0.05) is 44.1 Å². The number of likely N-dealkylation sites (tertiary alicyclic amines) is 1. The third kappa shape index (κ3) is 4.33. The third-order valence-electron chi connectivity index (χ3n) is 7.39. The first kappa shape index (κ1) is 22.3. The fourth-order valence-electron chi connectivity index (χ4n) is 5.48. The summed E-state index contributed by atoms with van der Waals surface area (Å²) in [6.07, 6.45) is 10.1. The Hall–Kier alpha value is -3.53. The molecule has 3 aromatic rings. The van der Waals surface area contributed by atoms with Crippen LogP contribution in [-0.2, 0) is 18.3 Å². The third-order valence-corrected chi connectivity index (χ3v) is 7.39. The molecule has 2 fully saturated rings. The summed E-state index contributed by atoms with van der Waals surface area (Å²) < 4.78 is 2.09. The van der Waals surface area contributed by atoms with Crippen LogP contribution >= 0.6 is 0 Å². The lowest BCUT2D eigenvalue weighted by molar-refractivity contribution is -0.136. The topological polar surface area (TPSA) is 91.9 Å². The van der Waals surface area contributed by atoms with Gasteiger partial charge in [-0.3, -0.25) is 19.6 Å². The van der Waals surface area contributed by atoms with E-state index in [2.05, 4.69) is 20.6 Å². The van der Waals surface area contributed by atoms with E-state index in [1.165, 1.54) is 30.7 Å². The monoisotopic (exact) mass is 455 g/mol. The number of aromatic nitrogens is 3. The van der Waals surface area contributed by atoms with Gasteiger partial charge in [0.25, 0.3) is 0 Å². The number of hydrogen-bond donors (Lipinski definition) is 0. The van der Waals surface area contributed by atoms with Crippen LogP contribution in [-0.4, -0.2) is 44.2 Å². The van der Waals surface area contributed by atoms with Crippen LogP contribution in [0.4, 0.5) is 0 Å². The zero-order valence-electron chi connectivity index (χ0n) is 19.5. The minimum absolute atomic E-state index is 0.139. The molecule has 3 aromatic heterocycles. The molecule has 1 saturated heterocycles. The van der Waals surface area contributed by atoms with Crippen molar-refractivity contribution in [3.63, 3.8) is 0 Å². The molecule has 4 heterocycles. The van der Waals surface area contributed by atoms with E-state index < -0.39 is 0 Å². The van der Waals surface area contributed by atoms with Crippen molar-refractivity contribution in [3.05, 3.63) is 59.2 Å². The Labute approximate surface area is 199 Å². The number of Topliss-reactive ketones (excluding diaryl/α,β-unsaturated/α-hetero) is 1. The molecule has 0 N–H and O–H groups in total. The second-order valence-electron chi connectivity index (χ2n) is 9.59. The molecule has 7 nitrogen and oxygen atoms in total. The Morgan fingerprint density at radius 3 is 2.62 bits per heavy atom. The number of ketones is 1. The number of hydrogen-bond acceptors (Lipinski definition) is 5.